The monoisotopic (exact) mass is 518 g/mol. The number of hydrogen-bond donors (Lipinski definition) is 1. The van der Waals surface area contributed by atoms with E-state index < -0.39 is 0 Å². The molecule has 0 spiro atoms. The summed E-state index contributed by atoms with van der Waals surface area (Å²) in [6.07, 6.45) is 1.64. The summed E-state index contributed by atoms with van der Waals surface area (Å²) in [6.45, 7) is 0. The fourth-order valence-corrected chi connectivity index (χ4v) is 3.27. The zero-order valence-corrected chi connectivity index (χ0v) is 17.1. The topological polar surface area (TPSA) is 58.6 Å². The predicted molar refractivity (Wildman–Crippen MR) is 115 cm³/mol. The Morgan fingerprint density at radius 2 is 1.88 bits per heavy atom. The van der Waals surface area contributed by atoms with Crippen molar-refractivity contribution in [3.05, 3.63) is 74.3 Å². The summed E-state index contributed by atoms with van der Waals surface area (Å²) in [5.74, 6) is 0.805. The van der Waals surface area contributed by atoms with Crippen molar-refractivity contribution in [3.8, 4) is 17.2 Å². The quantitative estimate of drug-likeness (QED) is 0.255. The highest BCUT2D eigenvalue weighted by Gasteiger charge is 2.09. The number of halogens is 2. The molecule has 1 heterocycles. The fourth-order valence-electron chi connectivity index (χ4n) is 2.49. The largest absolute Gasteiger partial charge is 0.506 e. The number of aromatic hydroxyl groups is 1. The van der Waals surface area contributed by atoms with Crippen LogP contribution in [0.3, 0.4) is 0 Å². The number of aromatic nitrogens is 1. The molecule has 1 aromatic heterocycles. The van der Waals surface area contributed by atoms with Crippen LogP contribution < -0.4 is 0 Å². The third-order valence-electron chi connectivity index (χ3n) is 3.83. The zero-order valence-electron chi connectivity index (χ0n) is 13.4. The summed E-state index contributed by atoms with van der Waals surface area (Å²) in [5.41, 5.74) is 3.76. The molecule has 4 nitrogen and oxygen atoms in total. The molecule has 4 rings (SSSR count). The summed E-state index contributed by atoms with van der Waals surface area (Å²) in [4.78, 5) is 8.96. The van der Waals surface area contributed by atoms with E-state index in [1.54, 1.807) is 6.21 Å². The lowest BCUT2D eigenvalue weighted by Gasteiger charge is -2.00. The molecule has 0 saturated carbocycles. The van der Waals surface area contributed by atoms with Crippen LogP contribution in [0.15, 0.2) is 74.5 Å². The second-order valence-corrected chi connectivity index (χ2v) is 7.69. The van der Waals surface area contributed by atoms with Gasteiger partial charge in [-0.2, -0.15) is 0 Å². The highest BCUT2D eigenvalue weighted by Crippen LogP contribution is 2.28. The van der Waals surface area contributed by atoms with Gasteiger partial charge in [0.25, 0.3) is 0 Å². The van der Waals surface area contributed by atoms with Crippen LogP contribution in [0.5, 0.6) is 5.75 Å². The lowest BCUT2D eigenvalue weighted by molar-refractivity contribution is 0.470. The Morgan fingerprint density at radius 1 is 1.08 bits per heavy atom. The van der Waals surface area contributed by atoms with E-state index in [4.69, 9.17) is 4.42 Å². The number of hydrogen-bond acceptors (Lipinski definition) is 4. The van der Waals surface area contributed by atoms with E-state index >= 15 is 0 Å². The Bertz CT molecular complexity index is 1120. The molecule has 26 heavy (non-hydrogen) atoms. The van der Waals surface area contributed by atoms with Gasteiger partial charge in [-0.3, -0.25) is 4.99 Å². The van der Waals surface area contributed by atoms with E-state index in [9.17, 15) is 5.11 Å². The summed E-state index contributed by atoms with van der Waals surface area (Å²) in [7, 11) is 0. The van der Waals surface area contributed by atoms with Crippen molar-refractivity contribution in [2.24, 2.45) is 4.99 Å². The number of phenolic OH excluding ortho intramolecular Hbond substituents is 1. The van der Waals surface area contributed by atoms with Crippen LogP contribution in [-0.2, 0) is 0 Å². The normalized spacial score (nSPS) is 11.5. The maximum absolute atomic E-state index is 10.1. The molecule has 0 saturated heterocycles. The summed E-state index contributed by atoms with van der Waals surface area (Å²) in [5, 5.41) is 10.1. The lowest BCUT2D eigenvalue weighted by atomic mass is 10.2. The van der Waals surface area contributed by atoms with Crippen molar-refractivity contribution in [1.29, 1.82) is 0 Å². The number of oxazole rings is 1. The van der Waals surface area contributed by atoms with Crippen molar-refractivity contribution in [2.75, 3.05) is 0 Å². The summed E-state index contributed by atoms with van der Waals surface area (Å²) in [6, 6.07) is 18.9. The van der Waals surface area contributed by atoms with Gasteiger partial charge in [-0.05, 0) is 71.1 Å². The van der Waals surface area contributed by atoms with Crippen molar-refractivity contribution < 1.29 is 9.52 Å². The third kappa shape index (κ3) is 3.52. The van der Waals surface area contributed by atoms with E-state index in [-0.39, 0.29) is 5.75 Å². The van der Waals surface area contributed by atoms with Crippen LogP contribution in [0.2, 0.25) is 0 Å². The number of rotatable bonds is 3. The minimum atomic E-state index is 0.232. The molecule has 0 fully saturated rings. The molecule has 1 N–H and O–H groups in total. The molecule has 4 aromatic rings. The first kappa shape index (κ1) is 17.2. The molecule has 0 aliphatic rings. The average Bonchev–Trinajstić information content (AvgIpc) is 3.07. The molecule has 0 aliphatic heterocycles. The third-order valence-corrected chi connectivity index (χ3v) is 5.23. The molecule has 0 unspecified atom stereocenters. The van der Waals surface area contributed by atoms with Crippen LogP contribution >= 0.6 is 38.5 Å². The van der Waals surface area contributed by atoms with Crippen molar-refractivity contribution in [3.63, 3.8) is 0 Å². The van der Waals surface area contributed by atoms with Crippen molar-refractivity contribution in [2.45, 2.75) is 0 Å². The first-order chi connectivity index (χ1) is 12.6. The Balaban J connectivity index is 1.66. The van der Waals surface area contributed by atoms with E-state index in [1.165, 1.54) is 0 Å². The van der Waals surface area contributed by atoms with Gasteiger partial charge in [-0.1, -0.05) is 22.0 Å². The number of fused-ring (bicyclic) bond motifs is 1. The Morgan fingerprint density at radius 3 is 2.69 bits per heavy atom. The SMILES string of the molecule is Oc1c(I)cccc1C=Nc1ccc2nc(-c3ccc(Br)cc3)oc2c1. The second-order valence-electron chi connectivity index (χ2n) is 5.61. The second kappa shape index (κ2) is 7.20. The van der Waals surface area contributed by atoms with Crippen LogP contribution in [0.4, 0.5) is 5.69 Å². The number of aliphatic imine (C=N–C) groups is 1. The van der Waals surface area contributed by atoms with Gasteiger partial charge < -0.3 is 9.52 Å². The molecule has 0 aliphatic carbocycles. The van der Waals surface area contributed by atoms with Crippen molar-refractivity contribution >= 4 is 61.5 Å². The lowest BCUT2D eigenvalue weighted by Crippen LogP contribution is -1.84. The maximum atomic E-state index is 10.1. The molecule has 3 aromatic carbocycles. The van der Waals surface area contributed by atoms with Gasteiger partial charge in [0.2, 0.25) is 5.89 Å². The van der Waals surface area contributed by atoms with Gasteiger partial charge in [-0.25, -0.2) is 4.98 Å². The average molecular weight is 519 g/mol. The Labute approximate surface area is 171 Å². The first-order valence-electron chi connectivity index (χ1n) is 7.78. The molecule has 128 valence electrons. The standard InChI is InChI=1S/C20H12BrIN2O2/c21-14-6-4-12(5-7-14)20-24-17-9-8-15(10-18(17)26-20)23-11-13-2-1-3-16(22)19(13)25/h1-11,25H. The van der Waals surface area contributed by atoms with Gasteiger partial charge in [0.1, 0.15) is 11.3 Å². The molecule has 0 radical (unpaired) electrons. The van der Waals surface area contributed by atoms with Crippen molar-refractivity contribution in [1.82, 2.24) is 4.98 Å². The van der Waals surface area contributed by atoms with Gasteiger partial charge in [0, 0.05) is 27.9 Å². The highest BCUT2D eigenvalue weighted by molar-refractivity contribution is 14.1. The van der Waals surface area contributed by atoms with Crippen LogP contribution in [-0.4, -0.2) is 16.3 Å². The van der Waals surface area contributed by atoms with E-state index in [1.807, 2.05) is 60.7 Å². The molecule has 0 bridgehead atoms. The summed E-state index contributed by atoms with van der Waals surface area (Å²) >= 11 is 5.51. The van der Waals surface area contributed by atoms with Crippen LogP contribution in [0.25, 0.3) is 22.6 Å². The predicted octanol–water partition coefficient (Wildman–Crippen LogP) is 6.32. The van der Waals surface area contributed by atoms with Crippen LogP contribution in [0.1, 0.15) is 5.56 Å². The van der Waals surface area contributed by atoms with Gasteiger partial charge in [0.05, 0.1) is 9.26 Å². The highest BCUT2D eigenvalue weighted by atomic mass is 127. The number of para-hydroxylation sites is 1. The van der Waals surface area contributed by atoms with Crippen LogP contribution in [0, 0.1) is 3.57 Å². The minimum Gasteiger partial charge on any atom is -0.506 e. The number of nitrogens with zero attached hydrogens (tertiary/aromatic N) is 2. The van der Waals surface area contributed by atoms with E-state index in [0.29, 0.717) is 17.0 Å². The first-order valence-corrected chi connectivity index (χ1v) is 9.65. The molecular weight excluding hydrogens is 507 g/mol. The minimum absolute atomic E-state index is 0.232. The molecule has 0 atom stereocenters. The van der Waals surface area contributed by atoms with E-state index in [0.717, 1.165) is 24.8 Å². The zero-order chi connectivity index (χ0) is 18.1. The molecule has 6 heteroatoms. The van der Waals surface area contributed by atoms with Gasteiger partial charge in [0.15, 0.2) is 5.58 Å². The Hall–Kier alpha value is -2.19. The fraction of sp³-hybridized carbons (Fsp3) is 0. The van der Waals surface area contributed by atoms with Gasteiger partial charge >= 0.3 is 0 Å². The number of benzene rings is 3. The van der Waals surface area contributed by atoms with Gasteiger partial charge in [-0.15, -0.1) is 0 Å². The Kier molecular flexibility index (Phi) is 4.78. The number of phenols is 1. The maximum Gasteiger partial charge on any atom is 0.227 e. The smallest absolute Gasteiger partial charge is 0.227 e. The van der Waals surface area contributed by atoms with E-state index in [2.05, 4.69) is 48.5 Å². The summed E-state index contributed by atoms with van der Waals surface area (Å²) < 4.78 is 7.67. The molecular formula is C20H12BrIN2O2. The molecule has 0 amide bonds.